The van der Waals surface area contributed by atoms with Crippen LogP contribution in [-0.4, -0.2) is 34.7 Å². The van der Waals surface area contributed by atoms with E-state index >= 15 is 0 Å². The van der Waals surface area contributed by atoms with Crippen LogP contribution in [0, 0.1) is 0 Å². The molecule has 774 valence electrons. The van der Waals surface area contributed by atoms with Crippen LogP contribution in [0.5, 0.6) is 0 Å². The monoisotopic (exact) mass is 2200 g/mol. The molecule has 54 heteroatoms. The summed E-state index contributed by atoms with van der Waals surface area (Å²) >= 11 is 0. The summed E-state index contributed by atoms with van der Waals surface area (Å²) in [5.41, 5.74) is 15.9. The number of rotatable bonds is 0. The fourth-order valence-electron chi connectivity index (χ4n) is 13.4. The van der Waals surface area contributed by atoms with Gasteiger partial charge >= 0.3 is 198 Å². The molecule has 45 heterocycles. The fraction of sp³-hybridized carbons (Fsp3) is 0.0667. The van der Waals surface area contributed by atoms with Gasteiger partial charge in [-0.2, -0.15) is 0 Å². The largest absolute Gasteiger partial charge is 0.289 e. The summed E-state index contributed by atoms with van der Waals surface area (Å²) in [6.45, 7) is 3.27. The second kappa shape index (κ2) is 35.9. The molecule has 0 saturated carbocycles. The van der Waals surface area contributed by atoms with Crippen LogP contribution in [-0.2, 0) is 39.3 Å². The molecule has 30 bridgehead atoms. The summed E-state index contributed by atoms with van der Waals surface area (Å²) in [5, 5.41) is 0. The van der Waals surface area contributed by atoms with Crippen molar-refractivity contribution in [3.05, 3.63) is 429 Å². The van der Waals surface area contributed by atoms with E-state index in [1.165, 1.54) is 0 Å². The summed E-state index contributed by atoms with van der Waals surface area (Å²) < 4.78 is 368. The van der Waals surface area contributed by atoms with E-state index in [1.807, 2.05) is 147 Å². The van der Waals surface area contributed by atoms with Crippen LogP contribution in [0.2, 0.25) is 0 Å². The minimum atomic E-state index is -10.7. The Morgan fingerprint density at radius 2 is 0.208 bits per heavy atom. The quantitative estimate of drug-likeness (QED) is 0.0846. The van der Waals surface area contributed by atoms with Crippen LogP contribution in [0.4, 0.5) is 151 Å². The van der Waals surface area contributed by atoms with Crippen molar-refractivity contribution in [2.45, 2.75) is 39.3 Å². The molecule has 6 aromatic heterocycles. The molecular formula is C90H66F36N6O6P6. The van der Waals surface area contributed by atoms with Gasteiger partial charge in [-0.1, -0.05) is 146 Å². The minimum Gasteiger partial charge on any atom is -0.289 e. The molecule has 0 radical (unpaired) electrons. The van der Waals surface area contributed by atoms with Gasteiger partial charge < -0.3 is 0 Å². The Kier molecular flexibility index (Phi) is 28.1. The Hall–Kier alpha value is -13.3. The first-order valence-corrected chi connectivity index (χ1v) is 52.2. The first-order chi connectivity index (χ1) is 64.6. The van der Waals surface area contributed by atoms with Crippen molar-refractivity contribution in [3.63, 3.8) is 0 Å². The zero-order valence-corrected chi connectivity index (χ0v) is 77.2. The smallest absolute Gasteiger partial charge is 0.193 e. The molecule has 0 unspecified atom stereocenters. The molecule has 12 nitrogen and oxygen atoms in total. The fourth-order valence-corrected chi connectivity index (χ4v) is 13.4. The van der Waals surface area contributed by atoms with Gasteiger partial charge in [0, 0.05) is 173 Å². The normalized spacial score (nSPS) is 16.1. The molecule has 0 atom stereocenters. The van der Waals surface area contributed by atoms with Crippen molar-refractivity contribution in [2.75, 3.05) is 0 Å². The van der Waals surface area contributed by atoms with Gasteiger partial charge in [0.15, 0.2) is 148 Å². The maximum Gasteiger partial charge on any atom is 0.193 e. The van der Waals surface area contributed by atoms with E-state index in [0.717, 1.165) is 66.8 Å². The Morgan fingerprint density at radius 3 is 0.292 bits per heavy atom. The van der Waals surface area contributed by atoms with Gasteiger partial charge in [0.2, 0.25) is 0 Å². The van der Waals surface area contributed by atoms with E-state index in [9.17, 15) is 180 Å². The molecule has 39 aliphatic rings. The molecule has 0 spiro atoms. The molecule has 8 aromatic carbocycles. The van der Waals surface area contributed by atoms with Crippen molar-refractivity contribution >= 4 is 81.6 Å². The number of benzene rings is 8. The van der Waals surface area contributed by atoms with Crippen LogP contribution < -0.4 is 27.4 Å². The Morgan fingerprint density at radius 1 is 0.125 bits per heavy atom. The molecule has 0 fully saturated rings. The van der Waals surface area contributed by atoms with Gasteiger partial charge in [0.05, 0.1) is 0 Å². The Balaban J connectivity index is 0.000000424. The van der Waals surface area contributed by atoms with Crippen LogP contribution in [0.15, 0.2) is 329 Å². The molecule has 39 aliphatic heterocycles. The van der Waals surface area contributed by atoms with Crippen LogP contribution in [0.25, 0.3) is 33.4 Å². The second-order valence-corrected chi connectivity index (χ2v) is 43.6. The Labute approximate surface area is 787 Å². The average Bonchev–Trinajstić information content (AvgIpc) is 0.799. The van der Waals surface area contributed by atoms with Crippen molar-refractivity contribution in [2.24, 2.45) is 0 Å². The van der Waals surface area contributed by atoms with Gasteiger partial charge in [-0.25, -0.2) is 27.4 Å². The summed E-state index contributed by atoms with van der Waals surface area (Å²) in [4.78, 5) is 88.0. The zero-order chi connectivity index (χ0) is 108. The second-order valence-electron chi connectivity index (χ2n) is 32.1. The molecule has 0 amide bonds. The number of hydrogen-bond donors (Lipinski definition) is 0. The molecule has 0 saturated heterocycles. The van der Waals surface area contributed by atoms with Crippen LogP contribution >= 0.6 is 46.9 Å². The number of aromatic nitrogens is 6. The van der Waals surface area contributed by atoms with Crippen molar-refractivity contribution in [1.82, 2.24) is 0 Å². The number of pyridine rings is 6. The summed E-state index contributed by atoms with van der Waals surface area (Å²) in [6.07, 6.45) is 24.3. The standard InChI is InChI=1S/C90H66N6O6.6F6P/c97-85-73-13-1-61(2-14-73)55-91-37-25-67(26-38-91)68-27-39-92(40-28-68)56-64-7-19-76(20-8-64)88(100)82-52-83-54-84(53-82)90(102)78-23-11-66(12-24-78)60-96-47-35-72(36-48-96)70-31-43-94(44-32-70)58-63-5-17-75(18-6-63)87(99)81-50-79(85)49-80(51-81)86(98)74-15-3-62(4-16-74)57-93-41-29-69(30-42-93)71-33-45-95(46-34-71)59-65-9-21-77(22-10-65)89(83)101;6*1-7(2,3,4,5)6/h1-54H,55-60H2;;;;;;/q+6;6*-1. The van der Waals surface area contributed by atoms with E-state index in [-0.39, 0.29) is 68.1 Å². The van der Waals surface area contributed by atoms with Gasteiger partial charge in [-0.3, -0.25) is 28.8 Å². The number of carbonyl (C=O) groups excluding carboxylic acids is 6. The van der Waals surface area contributed by atoms with Gasteiger partial charge in [0.25, 0.3) is 0 Å². The van der Waals surface area contributed by atoms with Crippen molar-refractivity contribution in [3.8, 4) is 33.4 Å². The first kappa shape index (κ1) is 113. The zero-order valence-electron chi connectivity index (χ0n) is 71.8. The molecule has 14 aromatic rings. The predicted molar refractivity (Wildman–Crippen MR) is 465 cm³/mol. The van der Waals surface area contributed by atoms with E-state index in [1.54, 1.807) is 109 Å². The first-order valence-electron chi connectivity index (χ1n) is 40.0. The third-order valence-corrected chi connectivity index (χ3v) is 19.3. The summed E-state index contributed by atoms with van der Waals surface area (Å²) in [5.74, 6) is -1.90. The van der Waals surface area contributed by atoms with Gasteiger partial charge in [-0.05, 0) is 69.8 Å². The van der Waals surface area contributed by atoms with Crippen LogP contribution in [0.3, 0.4) is 0 Å². The van der Waals surface area contributed by atoms with E-state index < -0.39 is 46.9 Å². The van der Waals surface area contributed by atoms with E-state index in [4.69, 9.17) is 0 Å². The van der Waals surface area contributed by atoms with Crippen molar-refractivity contribution < 1.29 is 207 Å². The molecule has 53 rings (SSSR count). The maximum atomic E-state index is 14.7. The predicted octanol–water partition coefficient (Wildman–Crippen LogP) is 33.0. The average molecular weight is 2200 g/mol. The topological polar surface area (TPSA) is 126 Å². The summed E-state index contributed by atoms with van der Waals surface area (Å²) in [7, 11) is -63.9. The number of ketones is 6. The molecule has 0 aliphatic carbocycles. The molecule has 0 N–H and O–H groups in total. The number of halogens is 36. The number of nitrogens with zero attached hydrogens (tertiary/aromatic N) is 6. The maximum absolute atomic E-state index is 14.7. The number of carbonyl (C=O) groups is 6. The van der Waals surface area contributed by atoms with Crippen molar-refractivity contribution in [1.29, 1.82) is 0 Å². The molecule has 144 heavy (non-hydrogen) atoms. The summed E-state index contributed by atoms with van der Waals surface area (Å²) in [6, 6.07) is 79.0. The van der Waals surface area contributed by atoms with Crippen LogP contribution in [0.1, 0.15) is 129 Å². The molecular weight excluding hydrogens is 2130 g/mol. The number of hydrogen-bond acceptors (Lipinski definition) is 6. The minimum absolute atomic E-state index is 0.226. The Bertz CT molecular complexity index is 6020. The third-order valence-electron chi connectivity index (χ3n) is 19.3. The SMILES string of the molecule is F[P-](F)(F)(F)(F)F.F[P-](F)(F)(F)(F)F.F[P-](F)(F)(F)(F)F.F[P-](F)(F)(F)(F)F.F[P-](F)(F)(F)(F)F.F[P-](F)(F)(F)(F)F.O=C1c2ccc(cc2)C[n+]2ccc(cc2)-c2cc[n+](cc2)Cc2ccc(cc2)C(=O)c2cc3cc(c2)C(=O)c2ccc(cc2)C[n+]2ccc(cc2)-c2cc[n+](cc2)Cc2ccc(cc2)C(=O)c2cc1cc(c2)C(=O)c1ccc(cc1)C[n+]1ccc(cc1)-c1cc[n+](cc1)Cc1ccc(cc1)C3=O. The third kappa shape index (κ3) is 45.6. The van der Waals surface area contributed by atoms with E-state index in [0.29, 0.717) is 72.6 Å². The van der Waals surface area contributed by atoms with E-state index in [2.05, 4.69) is 100 Å². The van der Waals surface area contributed by atoms with Gasteiger partial charge in [0.1, 0.15) is 0 Å². The van der Waals surface area contributed by atoms with Gasteiger partial charge in [-0.15, -0.1) is 0 Å².